The van der Waals surface area contributed by atoms with Crippen LogP contribution in [0.5, 0.6) is 0 Å². The molecule has 1 amide bonds. The van der Waals surface area contributed by atoms with Gasteiger partial charge in [-0.05, 0) is 32.4 Å². The third kappa shape index (κ3) is 3.14. The number of amides is 1. The van der Waals surface area contributed by atoms with Crippen LogP contribution in [0, 0.1) is 6.92 Å². The van der Waals surface area contributed by atoms with E-state index in [2.05, 4.69) is 42.1 Å². The maximum atomic E-state index is 12.4. The average Bonchev–Trinajstić information content (AvgIpc) is 2.88. The first-order valence-corrected chi connectivity index (χ1v) is 8.01. The Bertz CT molecular complexity index is 668. The van der Waals surface area contributed by atoms with Gasteiger partial charge in [0.1, 0.15) is 5.82 Å². The second-order valence-corrected chi connectivity index (χ2v) is 6.42. The zero-order chi connectivity index (χ0) is 15.7. The van der Waals surface area contributed by atoms with E-state index in [4.69, 9.17) is 0 Å². The predicted octanol–water partition coefficient (Wildman–Crippen LogP) is 2.01. The van der Waals surface area contributed by atoms with Crippen LogP contribution in [0.15, 0.2) is 18.2 Å². The zero-order valence-corrected chi connectivity index (χ0v) is 13.5. The zero-order valence-electron chi connectivity index (χ0n) is 13.5. The van der Waals surface area contributed by atoms with Crippen molar-refractivity contribution in [3.63, 3.8) is 0 Å². The molecule has 22 heavy (non-hydrogen) atoms. The summed E-state index contributed by atoms with van der Waals surface area (Å²) >= 11 is 0. The van der Waals surface area contributed by atoms with E-state index < -0.39 is 0 Å². The molecule has 3 rings (SSSR count). The van der Waals surface area contributed by atoms with Gasteiger partial charge in [0.25, 0.3) is 0 Å². The van der Waals surface area contributed by atoms with Crippen LogP contribution in [0.25, 0.3) is 11.0 Å². The summed E-state index contributed by atoms with van der Waals surface area (Å²) in [7, 11) is 0. The Kier molecular flexibility index (Phi) is 4.16. The minimum atomic E-state index is 0.220. The lowest BCUT2D eigenvalue weighted by Gasteiger charge is -2.36. The molecule has 1 fully saturated rings. The molecule has 5 nitrogen and oxygen atoms in total. The molecule has 0 radical (unpaired) electrons. The number of carbonyl (C=O) groups excluding carboxylic acids is 1. The Labute approximate surface area is 131 Å². The van der Waals surface area contributed by atoms with Crippen molar-refractivity contribution in [1.29, 1.82) is 0 Å². The van der Waals surface area contributed by atoms with Crippen LogP contribution >= 0.6 is 0 Å². The van der Waals surface area contributed by atoms with Gasteiger partial charge in [-0.15, -0.1) is 0 Å². The summed E-state index contributed by atoms with van der Waals surface area (Å²) in [6, 6.07) is 6.83. The van der Waals surface area contributed by atoms with Crippen molar-refractivity contribution in [2.24, 2.45) is 0 Å². The first-order chi connectivity index (χ1) is 10.5. The van der Waals surface area contributed by atoms with Crippen LogP contribution in [0.2, 0.25) is 0 Å². The minimum absolute atomic E-state index is 0.220. The van der Waals surface area contributed by atoms with Crippen LogP contribution in [0.4, 0.5) is 0 Å². The van der Waals surface area contributed by atoms with E-state index in [1.54, 1.807) is 0 Å². The van der Waals surface area contributed by atoms with E-state index in [9.17, 15) is 4.79 Å². The fourth-order valence-electron chi connectivity index (χ4n) is 3.26. The van der Waals surface area contributed by atoms with Crippen LogP contribution < -0.4 is 5.32 Å². The number of nitrogens with one attached hydrogen (secondary N) is 2. The SMILES string of the molecule is Cc1cccc2[nH]c(CCC(=O)N3CC(C)NC(C)C3)nc12. The fourth-order valence-corrected chi connectivity index (χ4v) is 3.26. The number of fused-ring (bicyclic) bond motifs is 1. The van der Waals surface area contributed by atoms with Gasteiger partial charge in [0, 0.05) is 38.0 Å². The highest BCUT2D eigenvalue weighted by molar-refractivity contribution is 5.79. The van der Waals surface area contributed by atoms with Crippen LogP contribution in [0.1, 0.15) is 31.7 Å². The van der Waals surface area contributed by atoms with Crippen molar-refractivity contribution in [2.45, 2.75) is 45.7 Å². The topological polar surface area (TPSA) is 61.0 Å². The number of aromatic nitrogens is 2. The molecule has 0 saturated carbocycles. The standard InChI is InChI=1S/C17H24N4O/c1-11-5-4-6-14-17(11)20-15(19-14)7-8-16(22)21-9-12(2)18-13(3)10-21/h4-6,12-13,18H,7-10H2,1-3H3,(H,19,20). The largest absolute Gasteiger partial charge is 0.342 e. The van der Waals surface area contributed by atoms with Crippen LogP contribution in [-0.4, -0.2) is 45.9 Å². The smallest absolute Gasteiger partial charge is 0.223 e. The van der Waals surface area contributed by atoms with Gasteiger partial charge in [-0.25, -0.2) is 4.98 Å². The van der Waals surface area contributed by atoms with Gasteiger partial charge >= 0.3 is 0 Å². The van der Waals surface area contributed by atoms with Gasteiger partial charge in [-0.3, -0.25) is 4.79 Å². The Balaban J connectivity index is 1.63. The van der Waals surface area contributed by atoms with Gasteiger partial charge in [0.2, 0.25) is 5.91 Å². The quantitative estimate of drug-likeness (QED) is 0.911. The number of rotatable bonds is 3. The summed E-state index contributed by atoms with van der Waals surface area (Å²) in [6.45, 7) is 7.89. The van der Waals surface area contributed by atoms with Gasteiger partial charge in [0.15, 0.2) is 0 Å². The first-order valence-electron chi connectivity index (χ1n) is 8.01. The van der Waals surface area contributed by atoms with Crippen molar-refractivity contribution < 1.29 is 4.79 Å². The molecular formula is C17H24N4O. The molecule has 1 aliphatic rings. The number of H-pyrrole nitrogens is 1. The monoisotopic (exact) mass is 300 g/mol. The van der Waals surface area contributed by atoms with E-state index in [-0.39, 0.29) is 5.91 Å². The molecule has 2 heterocycles. The third-order valence-electron chi connectivity index (χ3n) is 4.25. The van der Waals surface area contributed by atoms with Crippen molar-refractivity contribution >= 4 is 16.9 Å². The number of hydrogen-bond acceptors (Lipinski definition) is 3. The van der Waals surface area contributed by atoms with Gasteiger partial charge in [-0.2, -0.15) is 0 Å². The summed E-state index contributed by atoms with van der Waals surface area (Å²) in [5.74, 6) is 1.12. The molecule has 0 aliphatic carbocycles. The molecule has 0 spiro atoms. The summed E-state index contributed by atoms with van der Waals surface area (Å²) in [5.41, 5.74) is 3.22. The Hall–Kier alpha value is -1.88. The average molecular weight is 300 g/mol. The molecule has 1 aromatic carbocycles. The second kappa shape index (κ2) is 6.08. The van der Waals surface area contributed by atoms with E-state index >= 15 is 0 Å². The van der Waals surface area contributed by atoms with Crippen molar-refractivity contribution in [2.75, 3.05) is 13.1 Å². The number of aryl methyl sites for hydroxylation is 2. The molecule has 5 heteroatoms. The Morgan fingerprint density at radius 2 is 2.05 bits per heavy atom. The fraction of sp³-hybridized carbons (Fsp3) is 0.529. The van der Waals surface area contributed by atoms with Crippen LogP contribution in [-0.2, 0) is 11.2 Å². The van der Waals surface area contributed by atoms with E-state index in [0.29, 0.717) is 24.9 Å². The lowest BCUT2D eigenvalue weighted by molar-refractivity contribution is -0.132. The summed E-state index contributed by atoms with van der Waals surface area (Å²) < 4.78 is 0. The number of piperazine rings is 1. The predicted molar refractivity (Wildman–Crippen MR) is 87.8 cm³/mol. The van der Waals surface area contributed by atoms with Gasteiger partial charge in [-0.1, -0.05) is 12.1 Å². The van der Waals surface area contributed by atoms with Crippen LogP contribution in [0.3, 0.4) is 0 Å². The van der Waals surface area contributed by atoms with E-state index in [0.717, 1.165) is 35.5 Å². The third-order valence-corrected chi connectivity index (χ3v) is 4.25. The molecule has 2 unspecified atom stereocenters. The lowest BCUT2D eigenvalue weighted by atomic mass is 10.1. The summed E-state index contributed by atoms with van der Waals surface area (Å²) in [4.78, 5) is 22.3. The molecule has 118 valence electrons. The molecule has 2 aromatic rings. The van der Waals surface area contributed by atoms with Gasteiger partial charge < -0.3 is 15.2 Å². The highest BCUT2D eigenvalue weighted by Gasteiger charge is 2.24. The molecule has 2 atom stereocenters. The Morgan fingerprint density at radius 3 is 2.73 bits per heavy atom. The van der Waals surface area contributed by atoms with Gasteiger partial charge in [0.05, 0.1) is 11.0 Å². The normalized spacial score (nSPS) is 22.2. The van der Waals surface area contributed by atoms with E-state index in [1.807, 2.05) is 17.0 Å². The molecule has 0 bridgehead atoms. The first kappa shape index (κ1) is 15.0. The molecular weight excluding hydrogens is 276 g/mol. The number of benzene rings is 1. The lowest BCUT2D eigenvalue weighted by Crippen LogP contribution is -2.55. The number of carbonyl (C=O) groups is 1. The molecule has 1 saturated heterocycles. The molecule has 2 N–H and O–H groups in total. The highest BCUT2D eigenvalue weighted by atomic mass is 16.2. The van der Waals surface area contributed by atoms with Crippen molar-refractivity contribution in [3.05, 3.63) is 29.6 Å². The maximum absolute atomic E-state index is 12.4. The molecule has 1 aromatic heterocycles. The number of aromatic amines is 1. The minimum Gasteiger partial charge on any atom is -0.342 e. The Morgan fingerprint density at radius 1 is 1.32 bits per heavy atom. The number of imidazole rings is 1. The number of para-hydroxylation sites is 1. The molecule has 1 aliphatic heterocycles. The van der Waals surface area contributed by atoms with Crippen molar-refractivity contribution in [3.8, 4) is 0 Å². The summed E-state index contributed by atoms with van der Waals surface area (Å²) in [6.07, 6.45) is 1.18. The number of nitrogens with zero attached hydrogens (tertiary/aromatic N) is 2. The summed E-state index contributed by atoms with van der Waals surface area (Å²) in [5, 5.41) is 3.45. The maximum Gasteiger partial charge on any atom is 0.223 e. The van der Waals surface area contributed by atoms with Crippen molar-refractivity contribution in [1.82, 2.24) is 20.2 Å². The highest BCUT2D eigenvalue weighted by Crippen LogP contribution is 2.16. The second-order valence-electron chi connectivity index (χ2n) is 6.42. The number of hydrogen-bond donors (Lipinski definition) is 2. The van der Waals surface area contributed by atoms with E-state index in [1.165, 1.54) is 0 Å².